The summed E-state index contributed by atoms with van der Waals surface area (Å²) in [5, 5.41) is 12.2. The Morgan fingerprint density at radius 3 is 2.95 bits per heavy atom. The van der Waals surface area contributed by atoms with E-state index in [9.17, 15) is 4.79 Å². The first-order valence-electron chi connectivity index (χ1n) is 7.30. The molecule has 0 amide bonds. The number of carboxylic acid groups (broad SMARTS) is 1. The van der Waals surface area contributed by atoms with E-state index in [1.54, 1.807) is 0 Å². The fourth-order valence-corrected chi connectivity index (χ4v) is 2.82. The van der Waals surface area contributed by atoms with E-state index in [1.807, 2.05) is 0 Å². The first-order chi connectivity index (χ1) is 9.27. The van der Waals surface area contributed by atoms with E-state index >= 15 is 0 Å². The summed E-state index contributed by atoms with van der Waals surface area (Å²) in [6.45, 7) is 0.985. The first kappa shape index (κ1) is 14.1. The molecule has 0 radical (unpaired) electrons. The molecule has 2 rings (SSSR count). The summed E-state index contributed by atoms with van der Waals surface area (Å²) < 4.78 is 0. The van der Waals surface area contributed by atoms with Crippen LogP contribution in [-0.2, 0) is 11.2 Å². The second kappa shape index (κ2) is 7.29. The quantitative estimate of drug-likeness (QED) is 0.740. The summed E-state index contributed by atoms with van der Waals surface area (Å²) in [5.74, 6) is -0.686. The molecule has 19 heavy (non-hydrogen) atoms. The van der Waals surface area contributed by atoms with Crippen molar-refractivity contribution in [2.24, 2.45) is 0 Å². The molecule has 0 heterocycles. The lowest BCUT2D eigenvalue weighted by molar-refractivity contribution is -0.137. The van der Waals surface area contributed by atoms with Gasteiger partial charge < -0.3 is 10.4 Å². The summed E-state index contributed by atoms with van der Waals surface area (Å²) in [6.07, 6.45) is 6.82. The van der Waals surface area contributed by atoms with Crippen molar-refractivity contribution in [3.05, 3.63) is 35.4 Å². The third-order valence-electron chi connectivity index (χ3n) is 3.83. The SMILES string of the molecule is O=C(O)CCCCCNC1CCCc2ccccc21. The Morgan fingerprint density at radius 1 is 1.26 bits per heavy atom. The number of hydrogen-bond donors (Lipinski definition) is 2. The second-order valence-electron chi connectivity index (χ2n) is 5.30. The number of carboxylic acids is 1. The van der Waals surface area contributed by atoms with Crippen LogP contribution in [0.25, 0.3) is 0 Å². The van der Waals surface area contributed by atoms with E-state index < -0.39 is 5.97 Å². The average Bonchev–Trinajstić information content (AvgIpc) is 2.42. The van der Waals surface area contributed by atoms with Crippen LogP contribution < -0.4 is 5.32 Å². The fraction of sp³-hybridized carbons (Fsp3) is 0.562. The molecule has 1 aliphatic carbocycles. The maximum absolute atomic E-state index is 10.4. The average molecular weight is 261 g/mol. The topological polar surface area (TPSA) is 49.3 Å². The van der Waals surface area contributed by atoms with Crippen LogP contribution in [0.4, 0.5) is 0 Å². The summed E-state index contributed by atoms with van der Waals surface area (Å²) >= 11 is 0. The molecule has 3 heteroatoms. The van der Waals surface area contributed by atoms with Gasteiger partial charge in [-0.3, -0.25) is 4.79 Å². The van der Waals surface area contributed by atoms with Gasteiger partial charge >= 0.3 is 5.97 Å². The minimum absolute atomic E-state index is 0.298. The van der Waals surface area contributed by atoms with Crippen molar-refractivity contribution in [2.75, 3.05) is 6.54 Å². The third kappa shape index (κ3) is 4.35. The maximum atomic E-state index is 10.4. The van der Waals surface area contributed by atoms with Crippen LogP contribution in [-0.4, -0.2) is 17.6 Å². The van der Waals surface area contributed by atoms with Gasteiger partial charge in [-0.25, -0.2) is 0 Å². The van der Waals surface area contributed by atoms with Crippen LogP contribution in [0.15, 0.2) is 24.3 Å². The molecule has 0 aromatic heterocycles. The molecule has 0 bridgehead atoms. The Hall–Kier alpha value is -1.35. The molecule has 0 fully saturated rings. The number of benzene rings is 1. The molecule has 1 aromatic rings. The molecule has 0 saturated carbocycles. The lowest BCUT2D eigenvalue weighted by atomic mass is 9.88. The van der Waals surface area contributed by atoms with Crippen LogP contribution in [0.2, 0.25) is 0 Å². The summed E-state index contributed by atoms with van der Waals surface area (Å²) in [5.41, 5.74) is 2.94. The molecule has 104 valence electrons. The highest BCUT2D eigenvalue weighted by molar-refractivity contribution is 5.66. The molecule has 1 atom stereocenters. The van der Waals surface area contributed by atoms with Gasteiger partial charge in [0.1, 0.15) is 0 Å². The van der Waals surface area contributed by atoms with Crippen LogP contribution in [0, 0.1) is 0 Å². The number of hydrogen-bond acceptors (Lipinski definition) is 2. The van der Waals surface area contributed by atoms with E-state index in [-0.39, 0.29) is 0 Å². The zero-order valence-electron chi connectivity index (χ0n) is 11.4. The summed E-state index contributed by atoms with van der Waals surface area (Å²) in [6, 6.07) is 9.19. The van der Waals surface area contributed by atoms with Gasteiger partial charge in [0.25, 0.3) is 0 Å². The number of unbranched alkanes of at least 4 members (excludes halogenated alkanes) is 2. The number of carbonyl (C=O) groups is 1. The van der Waals surface area contributed by atoms with E-state index in [0.717, 1.165) is 25.8 Å². The number of aryl methyl sites for hydroxylation is 1. The molecular formula is C16H23NO2. The molecule has 0 spiro atoms. The predicted molar refractivity (Wildman–Crippen MR) is 76.2 cm³/mol. The van der Waals surface area contributed by atoms with Crippen molar-refractivity contribution in [3.8, 4) is 0 Å². The zero-order chi connectivity index (χ0) is 13.5. The molecule has 3 nitrogen and oxygen atoms in total. The van der Waals surface area contributed by atoms with Gasteiger partial charge in [-0.15, -0.1) is 0 Å². The highest BCUT2D eigenvalue weighted by atomic mass is 16.4. The minimum Gasteiger partial charge on any atom is -0.481 e. The molecular weight excluding hydrogens is 238 g/mol. The van der Waals surface area contributed by atoms with Crippen LogP contribution in [0.5, 0.6) is 0 Å². The number of fused-ring (bicyclic) bond motifs is 1. The van der Waals surface area contributed by atoms with Crippen molar-refractivity contribution < 1.29 is 9.90 Å². The Bertz CT molecular complexity index is 417. The van der Waals surface area contributed by atoms with Gasteiger partial charge in [-0.05, 0) is 49.8 Å². The number of aliphatic carboxylic acids is 1. The van der Waals surface area contributed by atoms with E-state index in [1.165, 1.54) is 30.4 Å². The van der Waals surface area contributed by atoms with Crippen molar-refractivity contribution >= 4 is 5.97 Å². The summed E-state index contributed by atoms with van der Waals surface area (Å²) in [4.78, 5) is 10.4. The Balaban J connectivity index is 1.71. The highest BCUT2D eigenvalue weighted by Gasteiger charge is 2.18. The van der Waals surface area contributed by atoms with E-state index in [2.05, 4.69) is 29.6 Å². The van der Waals surface area contributed by atoms with Gasteiger partial charge in [0.2, 0.25) is 0 Å². The zero-order valence-corrected chi connectivity index (χ0v) is 11.4. The Morgan fingerprint density at radius 2 is 2.11 bits per heavy atom. The Kier molecular flexibility index (Phi) is 5.40. The standard InChI is InChI=1S/C16H23NO2/c18-16(19)11-2-1-5-12-17-15-10-6-8-13-7-3-4-9-14(13)15/h3-4,7,9,15,17H,1-2,5-6,8,10-12H2,(H,18,19). The van der Waals surface area contributed by atoms with Crippen molar-refractivity contribution in [1.29, 1.82) is 0 Å². The highest BCUT2D eigenvalue weighted by Crippen LogP contribution is 2.29. The van der Waals surface area contributed by atoms with Crippen LogP contribution in [0.3, 0.4) is 0 Å². The van der Waals surface area contributed by atoms with E-state index in [0.29, 0.717) is 12.5 Å². The van der Waals surface area contributed by atoms with Crippen LogP contribution >= 0.6 is 0 Å². The molecule has 0 saturated heterocycles. The molecule has 1 unspecified atom stereocenters. The lowest BCUT2D eigenvalue weighted by Gasteiger charge is -2.26. The minimum atomic E-state index is -0.686. The molecule has 1 aliphatic rings. The number of nitrogens with one attached hydrogen (secondary N) is 1. The van der Waals surface area contributed by atoms with Gasteiger partial charge in [-0.1, -0.05) is 30.7 Å². The van der Waals surface area contributed by atoms with E-state index in [4.69, 9.17) is 5.11 Å². The third-order valence-corrected chi connectivity index (χ3v) is 3.83. The van der Waals surface area contributed by atoms with Crippen LogP contribution in [0.1, 0.15) is 55.7 Å². The second-order valence-corrected chi connectivity index (χ2v) is 5.30. The molecule has 0 aliphatic heterocycles. The predicted octanol–water partition coefficient (Wildman–Crippen LogP) is 3.30. The normalized spacial score (nSPS) is 18.0. The number of rotatable bonds is 7. The smallest absolute Gasteiger partial charge is 0.303 e. The summed E-state index contributed by atoms with van der Waals surface area (Å²) in [7, 11) is 0. The molecule has 2 N–H and O–H groups in total. The van der Waals surface area contributed by atoms with Crippen molar-refractivity contribution in [2.45, 2.75) is 51.0 Å². The Labute approximate surface area is 115 Å². The van der Waals surface area contributed by atoms with Gasteiger partial charge in [-0.2, -0.15) is 0 Å². The van der Waals surface area contributed by atoms with Gasteiger partial charge in [0.05, 0.1) is 0 Å². The van der Waals surface area contributed by atoms with Crippen molar-refractivity contribution in [1.82, 2.24) is 5.32 Å². The lowest BCUT2D eigenvalue weighted by Crippen LogP contribution is -2.26. The molecule has 1 aromatic carbocycles. The van der Waals surface area contributed by atoms with Gasteiger partial charge in [0, 0.05) is 12.5 Å². The largest absolute Gasteiger partial charge is 0.481 e. The van der Waals surface area contributed by atoms with Gasteiger partial charge in [0.15, 0.2) is 0 Å². The monoisotopic (exact) mass is 261 g/mol. The maximum Gasteiger partial charge on any atom is 0.303 e. The van der Waals surface area contributed by atoms with Crippen molar-refractivity contribution in [3.63, 3.8) is 0 Å². The fourth-order valence-electron chi connectivity index (χ4n) is 2.82. The first-order valence-corrected chi connectivity index (χ1v) is 7.30.